The van der Waals surface area contributed by atoms with E-state index in [0.717, 1.165) is 17.1 Å². The maximum atomic E-state index is 5.62. The number of aromatic nitrogens is 1. The zero-order valence-corrected chi connectivity index (χ0v) is 10.6. The lowest BCUT2D eigenvalue weighted by Gasteiger charge is -2.24. The average molecular weight is 241 g/mol. The Morgan fingerprint density at radius 1 is 1.69 bits per heavy atom. The van der Waals surface area contributed by atoms with Gasteiger partial charge in [0.15, 0.2) is 0 Å². The number of ether oxygens (including phenoxy) is 1. The third-order valence-corrected chi connectivity index (χ3v) is 4.02. The zero-order valence-electron chi connectivity index (χ0n) is 9.77. The number of hydrogen-bond donors (Lipinski definition) is 2. The zero-order chi connectivity index (χ0) is 11.5. The van der Waals surface area contributed by atoms with Crippen LogP contribution in [0.4, 0.5) is 0 Å². The Kier molecular flexibility index (Phi) is 3.91. The number of hydrazine groups is 1. The largest absolute Gasteiger partial charge is 0.379 e. The first-order chi connectivity index (χ1) is 7.74. The molecule has 1 aliphatic carbocycles. The Bertz CT molecular complexity index is 338. The molecule has 2 atom stereocenters. The van der Waals surface area contributed by atoms with Crippen molar-refractivity contribution in [2.24, 2.45) is 11.8 Å². The van der Waals surface area contributed by atoms with Gasteiger partial charge >= 0.3 is 0 Å². The number of hydrogen-bond acceptors (Lipinski definition) is 5. The van der Waals surface area contributed by atoms with Crippen molar-refractivity contribution in [2.75, 3.05) is 7.11 Å². The fraction of sp³-hybridized carbons (Fsp3) is 0.727. The highest BCUT2D eigenvalue weighted by Crippen LogP contribution is 2.36. The van der Waals surface area contributed by atoms with Crippen LogP contribution in [-0.4, -0.2) is 24.2 Å². The predicted octanol–water partition coefficient (Wildman–Crippen LogP) is 1.25. The van der Waals surface area contributed by atoms with E-state index < -0.39 is 0 Å². The maximum Gasteiger partial charge on any atom is 0.0945 e. The third-order valence-electron chi connectivity index (χ3n) is 3.03. The molecule has 1 aromatic heterocycles. The lowest BCUT2D eigenvalue weighted by atomic mass is 10.0. The van der Waals surface area contributed by atoms with Crippen LogP contribution in [-0.2, 0) is 11.2 Å². The van der Waals surface area contributed by atoms with Crippen molar-refractivity contribution in [3.63, 3.8) is 0 Å². The van der Waals surface area contributed by atoms with Crippen LogP contribution in [0.2, 0.25) is 0 Å². The van der Waals surface area contributed by atoms with Crippen LogP contribution in [0.15, 0.2) is 5.38 Å². The first kappa shape index (κ1) is 12.0. The molecule has 0 saturated heterocycles. The summed E-state index contributed by atoms with van der Waals surface area (Å²) in [6, 6.07) is 0.169. The van der Waals surface area contributed by atoms with Crippen molar-refractivity contribution >= 4 is 11.3 Å². The number of nitrogens with one attached hydrogen (secondary N) is 1. The Balaban J connectivity index is 1.98. The second kappa shape index (κ2) is 5.23. The molecule has 0 radical (unpaired) electrons. The molecular weight excluding hydrogens is 222 g/mol. The van der Waals surface area contributed by atoms with E-state index in [4.69, 9.17) is 10.6 Å². The van der Waals surface area contributed by atoms with E-state index in [-0.39, 0.29) is 12.1 Å². The van der Waals surface area contributed by atoms with Gasteiger partial charge in [-0.1, -0.05) is 0 Å². The fourth-order valence-electron chi connectivity index (χ4n) is 2.06. The summed E-state index contributed by atoms with van der Waals surface area (Å²) in [4.78, 5) is 4.46. The lowest BCUT2D eigenvalue weighted by Crippen LogP contribution is -2.47. The van der Waals surface area contributed by atoms with Gasteiger partial charge in [-0.15, -0.1) is 11.3 Å². The van der Waals surface area contributed by atoms with Crippen LogP contribution >= 0.6 is 11.3 Å². The van der Waals surface area contributed by atoms with Crippen LogP contribution in [0.5, 0.6) is 0 Å². The van der Waals surface area contributed by atoms with Crippen molar-refractivity contribution in [3.8, 4) is 0 Å². The van der Waals surface area contributed by atoms with Crippen LogP contribution in [0.25, 0.3) is 0 Å². The Hall–Kier alpha value is -0.490. The topological polar surface area (TPSA) is 60.2 Å². The molecule has 0 bridgehead atoms. The van der Waals surface area contributed by atoms with Crippen LogP contribution < -0.4 is 11.3 Å². The molecular formula is C11H19N3OS. The summed E-state index contributed by atoms with van der Waals surface area (Å²) in [5, 5.41) is 3.20. The highest BCUT2D eigenvalue weighted by molar-refractivity contribution is 7.09. The van der Waals surface area contributed by atoms with E-state index in [0.29, 0.717) is 5.92 Å². The Morgan fingerprint density at radius 3 is 2.88 bits per heavy atom. The molecule has 1 heterocycles. The van der Waals surface area contributed by atoms with Gasteiger partial charge in [-0.2, -0.15) is 0 Å². The molecule has 16 heavy (non-hydrogen) atoms. The first-order valence-corrected chi connectivity index (χ1v) is 6.52. The van der Waals surface area contributed by atoms with Gasteiger partial charge in [0, 0.05) is 24.6 Å². The highest BCUT2D eigenvalue weighted by atomic mass is 32.1. The smallest absolute Gasteiger partial charge is 0.0945 e. The quantitative estimate of drug-likeness (QED) is 0.581. The summed E-state index contributed by atoms with van der Waals surface area (Å²) >= 11 is 1.69. The van der Waals surface area contributed by atoms with Crippen molar-refractivity contribution in [1.82, 2.24) is 10.4 Å². The fourth-order valence-corrected chi connectivity index (χ4v) is 2.90. The lowest BCUT2D eigenvalue weighted by molar-refractivity contribution is 0.0511. The predicted molar refractivity (Wildman–Crippen MR) is 65.2 cm³/mol. The molecule has 90 valence electrons. The van der Waals surface area contributed by atoms with Crippen LogP contribution in [0, 0.1) is 12.8 Å². The monoisotopic (exact) mass is 241 g/mol. The first-order valence-electron chi connectivity index (χ1n) is 5.64. The summed E-state index contributed by atoms with van der Waals surface area (Å²) in [5.74, 6) is 6.29. The standard InChI is InChI=1S/C11H19N3OS/c1-7-6-16-10(13-7)5-9(14-12)11(15-2)8-3-4-8/h6,8-9,11,14H,3-5,12H2,1-2H3. The molecule has 4 nitrogen and oxygen atoms in total. The molecule has 0 amide bonds. The molecule has 0 spiro atoms. The Labute approximate surface area is 100 Å². The molecule has 1 fully saturated rings. The Morgan fingerprint density at radius 2 is 2.44 bits per heavy atom. The van der Waals surface area contributed by atoms with Gasteiger partial charge in [-0.3, -0.25) is 11.3 Å². The molecule has 1 saturated carbocycles. The van der Waals surface area contributed by atoms with E-state index in [9.17, 15) is 0 Å². The number of rotatable bonds is 6. The highest BCUT2D eigenvalue weighted by Gasteiger charge is 2.36. The number of aryl methyl sites for hydroxylation is 1. The number of nitrogens with zero attached hydrogens (tertiary/aromatic N) is 1. The molecule has 2 unspecified atom stereocenters. The summed E-state index contributed by atoms with van der Waals surface area (Å²) in [6.45, 7) is 2.01. The summed E-state index contributed by atoms with van der Waals surface area (Å²) in [5.41, 5.74) is 3.95. The van der Waals surface area contributed by atoms with Crippen LogP contribution in [0.3, 0.4) is 0 Å². The minimum absolute atomic E-state index is 0.169. The number of thiazole rings is 1. The molecule has 2 rings (SSSR count). The molecule has 0 aromatic carbocycles. The maximum absolute atomic E-state index is 5.62. The van der Waals surface area contributed by atoms with Crippen molar-refractivity contribution in [1.29, 1.82) is 0 Å². The molecule has 3 N–H and O–H groups in total. The molecule has 1 aromatic rings. The van der Waals surface area contributed by atoms with Gasteiger partial charge in [0.05, 0.1) is 17.2 Å². The minimum atomic E-state index is 0.169. The number of nitrogens with two attached hydrogens (primary N) is 1. The average Bonchev–Trinajstić information content (AvgIpc) is 3.02. The summed E-state index contributed by atoms with van der Waals surface area (Å²) in [6.07, 6.45) is 3.58. The molecule has 0 aliphatic heterocycles. The van der Waals surface area contributed by atoms with Crippen molar-refractivity contribution in [3.05, 3.63) is 16.1 Å². The van der Waals surface area contributed by atoms with Gasteiger partial charge < -0.3 is 4.74 Å². The van der Waals surface area contributed by atoms with E-state index in [1.807, 2.05) is 6.92 Å². The van der Waals surface area contributed by atoms with Gasteiger partial charge in [0.2, 0.25) is 0 Å². The SMILES string of the molecule is COC(C1CC1)C(Cc1nc(C)cs1)NN. The van der Waals surface area contributed by atoms with E-state index >= 15 is 0 Å². The second-order valence-electron chi connectivity index (χ2n) is 4.40. The van der Waals surface area contributed by atoms with E-state index in [2.05, 4.69) is 15.8 Å². The van der Waals surface area contributed by atoms with E-state index in [1.165, 1.54) is 12.8 Å². The summed E-state index contributed by atoms with van der Waals surface area (Å²) < 4.78 is 5.54. The second-order valence-corrected chi connectivity index (χ2v) is 5.34. The summed E-state index contributed by atoms with van der Waals surface area (Å²) in [7, 11) is 1.76. The minimum Gasteiger partial charge on any atom is -0.379 e. The van der Waals surface area contributed by atoms with Crippen LogP contribution in [0.1, 0.15) is 23.5 Å². The molecule has 5 heteroatoms. The normalized spacial score (nSPS) is 19.7. The van der Waals surface area contributed by atoms with Crippen molar-refractivity contribution < 1.29 is 4.74 Å². The molecule has 1 aliphatic rings. The third kappa shape index (κ3) is 2.79. The number of methoxy groups -OCH3 is 1. The van der Waals surface area contributed by atoms with Gasteiger partial charge in [0.25, 0.3) is 0 Å². The van der Waals surface area contributed by atoms with Gasteiger partial charge in [-0.05, 0) is 25.7 Å². The van der Waals surface area contributed by atoms with Gasteiger partial charge in [-0.25, -0.2) is 4.98 Å². The van der Waals surface area contributed by atoms with Gasteiger partial charge in [0.1, 0.15) is 0 Å². The van der Waals surface area contributed by atoms with E-state index in [1.54, 1.807) is 18.4 Å². The van der Waals surface area contributed by atoms with Crippen molar-refractivity contribution in [2.45, 2.75) is 38.3 Å².